The maximum Gasteiger partial charge on any atom is 0.289 e. The van der Waals surface area contributed by atoms with Crippen LogP contribution in [0.5, 0.6) is 0 Å². The number of aromatic nitrogens is 2. The molecule has 3 heterocycles. The zero-order chi connectivity index (χ0) is 17.1. The lowest BCUT2D eigenvalue weighted by molar-refractivity contribution is -0.385. The number of pyridine rings is 2. The zero-order valence-corrected chi connectivity index (χ0v) is 14.0. The third-order valence-corrected chi connectivity index (χ3v) is 4.33. The Kier molecular flexibility index (Phi) is 4.80. The molecular formula is C16H18ClN5O2. The lowest BCUT2D eigenvalue weighted by Gasteiger charge is -2.33. The van der Waals surface area contributed by atoms with E-state index in [-0.39, 0.29) is 5.69 Å². The molecule has 2 aromatic rings. The van der Waals surface area contributed by atoms with E-state index in [1.165, 1.54) is 12.3 Å². The fourth-order valence-electron chi connectivity index (χ4n) is 2.82. The number of hydrogen-bond donors (Lipinski definition) is 1. The second-order valence-electron chi connectivity index (χ2n) is 5.83. The van der Waals surface area contributed by atoms with E-state index in [0.29, 0.717) is 16.9 Å². The molecule has 7 nitrogen and oxygen atoms in total. The summed E-state index contributed by atoms with van der Waals surface area (Å²) in [4.78, 5) is 21.0. The van der Waals surface area contributed by atoms with Crippen LogP contribution in [0.25, 0.3) is 0 Å². The first-order chi connectivity index (χ1) is 11.5. The number of rotatable bonds is 4. The van der Waals surface area contributed by atoms with Crippen LogP contribution in [-0.2, 0) is 0 Å². The van der Waals surface area contributed by atoms with Crippen molar-refractivity contribution in [3.8, 4) is 0 Å². The minimum atomic E-state index is -0.492. The molecule has 1 aliphatic rings. The minimum absolute atomic E-state index is 0.0918. The lowest BCUT2D eigenvalue weighted by atomic mass is 10.0. The number of nitrogens with one attached hydrogen (secondary N) is 1. The zero-order valence-electron chi connectivity index (χ0n) is 13.3. The first-order valence-electron chi connectivity index (χ1n) is 7.78. The van der Waals surface area contributed by atoms with Crippen molar-refractivity contribution in [2.45, 2.75) is 25.8 Å². The van der Waals surface area contributed by atoms with Crippen LogP contribution in [0.3, 0.4) is 0 Å². The Balaban J connectivity index is 1.62. The highest BCUT2D eigenvalue weighted by Crippen LogP contribution is 2.29. The average molecular weight is 348 g/mol. The van der Waals surface area contributed by atoms with Gasteiger partial charge in [0.15, 0.2) is 0 Å². The highest BCUT2D eigenvalue weighted by atomic mass is 35.5. The van der Waals surface area contributed by atoms with E-state index >= 15 is 0 Å². The topological polar surface area (TPSA) is 84.2 Å². The predicted octanol–water partition coefficient (Wildman–Crippen LogP) is 3.43. The minimum Gasteiger partial charge on any atom is -0.367 e. The summed E-state index contributed by atoms with van der Waals surface area (Å²) in [6, 6.07) is 7.61. The molecule has 8 heteroatoms. The Morgan fingerprint density at radius 3 is 2.75 bits per heavy atom. The summed E-state index contributed by atoms with van der Waals surface area (Å²) in [6.07, 6.45) is 3.09. The van der Waals surface area contributed by atoms with Crippen LogP contribution in [0.2, 0.25) is 5.02 Å². The molecule has 0 spiro atoms. The highest BCUT2D eigenvalue weighted by Gasteiger charge is 2.23. The number of nitro groups is 1. The molecule has 126 valence electrons. The molecule has 2 aromatic heterocycles. The van der Waals surface area contributed by atoms with Gasteiger partial charge in [0.2, 0.25) is 0 Å². The molecule has 1 N–H and O–H groups in total. The Hall–Kier alpha value is -2.41. The van der Waals surface area contributed by atoms with E-state index in [9.17, 15) is 10.1 Å². The van der Waals surface area contributed by atoms with Gasteiger partial charge in [0, 0.05) is 30.9 Å². The quantitative estimate of drug-likeness (QED) is 0.673. The molecule has 0 unspecified atom stereocenters. The number of aryl methyl sites for hydroxylation is 1. The van der Waals surface area contributed by atoms with Gasteiger partial charge >= 0.3 is 0 Å². The van der Waals surface area contributed by atoms with Crippen LogP contribution in [0.4, 0.5) is 17.3 Å². The molecule has 0 saturated carbocycles. The first kappa shape index (κ1) is 16.4. The number of halogens is 1. The predicted molar refractivity (Wildman–Crippen MR) is 93.7 cm³/mol. The maximum atomic E-state index is 10.8. The molecule has 3 rings (SSSR count). The van der Waals surface area contributed by atoms with Crippen LogP contribution in [-0.4, -0.2) is 34.0 Å². The van der Waals surface area contributed by atoms with Gasteiger partial charge in [-0.2, -0.15) is 0 Å². The molecule has 0 amide bonds. The van der Waals surface area contributed by atoms with Crippen molar-refractivity contribution in [3.05, 3.63) is 51.3 Å². The molecule has 0 aromatic carbocycles. The first-order valence-corrected chi connectivity index (χ1v) is 8.16. The van der Waals surface area contributed by atoms with E-state index in [2.05, 4.69) is 20.2 Å². The van der Waals surface area contributed by atoms with Gasteiger partial charge in [-0.1, -0.05) is 17.7 Å². The van der Waals surface area contributed by atoms with Crippen molar-refractivity contribution in [2.75, 3.05) is 23.3 Å². The fraction of sp³-hybridized carbons (Fsp3) is 0.375. The van der Waals surface area contributed by atoms with Gasteiger partial charge in [0.1, 0.15) is 17.8 Å². The van der Waals surface area contributed by atoms with E-state index in [1.54, 1.807) is 0 Å². The maximum absolute atomic E-state index is 10.8. The van der Waals surface area contributed by atoms with Crippen molar-refractivity contribution in [3.63, 3.8) is 0 Å². The summed E-state index contributed by atoms with van der Waals surface area (Å²) in [5, 5.41) is 14.5. The van der Waals surface area contributed by atoms with Crippen molar-refractivity contribution >= 4 is 28.9 Å². The lowest BCUT2D eigenvalue weighted by Crippen LogP contribution is -2.39. The Morgan fingerprint density at radius 1 is 1.38 bits per heavy atom. The van der Waals surface area contributed by atoms with E-state index in [0.717, 1.165) is 37.4 Å². The standard InChI is InChI=1S/C16H18ClN5O2/c1-11-3-2-4-15(19-11)20-12-5-7-21(8-6-12)16-14(17)9-13(10-18-16)22(23)24/h2-4,9-10,12H,5-8H2,1H3,(H,19,20). The molecule has 0 bridgehead atoms. The Morgan fingerprint density at radius 2 is 2.12 bits per heavy atom. The second kappa shape index (κ2) is 7.00. The summed E-state index contributed by atoms with van der Waals surface area (Å²) >= 11 is 6.16. The third kappa shape index (κ3) is 3.73. The monoisotopic (exact) mass is 347 g/mol. The van der Waals surface area contributed by atoms with E-state index < -0.39 is 4.92 Å². The van der Waals surface area contributed by atoms with Gasteiger partial charge in [-0.15, -0.1) is 0 Å². The summed E-state index contributed by atoms with van der Waals surface area (Å²) in [7, 11) is 0. The Labute approximate surface area is 144 Å². The number of hydrogen-bond acceptors (Lipinski definition) is 6. The van der Waals surface area contributed by atoms with Crippen molar-refractivity contribution in [2.24, 2.45) is 0 Å². The third-order valence-electron chi connectivity index (χ3n) is 4.05. The summed E-state index contributed by atoms with van der Waals surface area (Å²) in [6.45, 7) is 3.54. The highest BCUT2D eigenvalue weighted by molar-refractivity contribution is 6.33. The Bertz CT molecular complexity index is 747. The van der Waals surface area contributed by atoms with Gasteiger partial charge in [-0.05, 0) is 31.9 Å². The number of nitrogens with zero attached hydrogens (tertiary/aromatic N) is 4. The van der Waals surface area contributed by atoms with Gasteiger partial charge in [-0.25, -0.2) is 9.97 Å². The molecule has 0 radical (unpaired) electrons. The van der Waals surface area contributed by atoms with Crippen LogP contribution < -0.4 is 10.2 Å². The van der Waals surface area contributed by atoms with Crippen molar-refractivity contribution in [1.82, 2.24) is 9.97 Å². The van der Waals surface area contributed by atoms with Crippen LogP contribution >= 0.6 is 11.6 Å². The van der Waals surface area contributed by atoms with E-state index in [1.807, 2.05) is 25.1 Å². The summed E-state index contributed by atoms with van der Waals surface area (Å²) in [5.41, 5.74) is 0.894. The van der Waals surface area contributed by atoms with Crippen LogP contribution in [0.1, 0.15) is 18.5 Å². The van der Waals surface area contributed by atoms with Gasteiger partial charge in [0.05, 0.1) is 9.95 Å². The normalized spacial score (nSPS) is 15.3. The molecule has 1 fully saturated rings. The largest absolute Gasteiger partial charge is 0.367 e. The molecule has 24 heavy (non-hydrogen) atoms. The SMILES string of the molecule is Cc1cccc(NC2CCN(c3ncc([N+](=O)[O-])cc3Cl)CC2)n1. The van der Waals surface area contributed by atoms with Gasteiger partial charge in [0.25, 0.3) is 5.69 Å². The van der Waals surface area contributed by atoms with Gasteiger partial charge < -0.3 is 10.2 Å². The van der Waals surface area contributed by atoms with E-state index in [4.69, 9.17) is 11.6 Å². The van der Waals surface area contributed by atoms with Crippen LogP contribution in [0, 0.1) is 17.0 Å². The molecule has 0 atom stereocenters. The molecule has 0 aliphatic carbocycles. The van der Waals surface area contributed by atoms with Crippen LogP contribution in [0.15, 0.2) is 30.5 Å². The molecule has 1 saturated heterocycles. The second-order valence-corrected chi connectivity index (χ2v) is 6.23. The molecule has 1 aliphatic heterocycles. The fourth-order valence-corrected chi connectivity index (χ4v) is 3.10. The summed E-state index contributed by atoms with van der Waals surface area (Å²) < 4.78 is 0. The van der Waals surface area contributed by atoms with Gasteiger partial charge in [-0.3, -0.25) is 10.1 Å². The number of anilines is 2. The smallest absolute Gasteiger partial charge is 0.289 e. The van der Waals surface area contributed by atoms with Crippen molar-refractivity contribution < 1.29 is 4.92 Å². The molecular weight excluding hydrogens is 330 g/mol. The van der Waals surface area contributed by atoms with Crippen molar-refractivity contribution in [1.29, 1.82) is 0 Å². The summed E-state index contributed by atoms with van der Waals surface area (Å²) in [5.74, 6) is 1.49. The number of piperidine rings is 1. The average Bonchev–Trinajstić information content (AvgIpc) is 2.55.